The number of hydrogen-bond donors (Lipinski definition) is 1. The minimum atomic E-state index is 0.0104. The van der Waals surface area contributed by atoms with Crippen molar-refractivity contribution in [3.63, 3.8) is 0 Å². The smallest absolute Gasteiger partial charge is 0.224 e. The van der Waals surface area contributed by atoms with Crippen LogP contribution in [0.4, 0.5) is 11.4 Å². The summed E-state index contributed by atoms with van der Waals surface area (Å²) in [5.74, 6) is 0.0104. The van der Waals surface area contributed by atoms with Gasteiger partial charge in [0.1, 0.15) is 6.23 Å². The number of rotatable bonds is 4. The highest BCUT2D eigenvalue weighted by Crippen LogP contribution is 2.33. The SMILES string of the molecule is CCC(=O)Nc1ccc2c(N3CCC[C@@H]3OC)cc(C)nc2c1. The van der Waals surface area contributed by atoms with E-state index in [1.165, 1.54) is 0 Å². The molecule has 5 nitrogen and oxygen atoms in total. The Balaban J connectivity index is 2.03. The predicted molar refractivity (Wildman–Crippen MR) is 92.8 cm³/mol. The summed E-state index contributed by atoms with van der Waals surface area (Å²) in [5, 5.41) is 3.99. The second-order valence-electron chi connectivity index (χ2n) is 5.94. The van der Waals surface area contributed by atoms with Crippen molar-refractivity contribution in [1.82, 2.24) is 4.98 Å². The molecule has 0 saturated carbocycles. The normalized spacial score (nSPS) is 17.7. The van der Waals surface area contributed by atoms with Gasteiger partial charge in [-0.1, -0.05) is 6.92 Å². The second-order valence-corrected chi connectivity index (χ2v) is 5.94. The number of benzene rings is 1. The van der Waals surface area contributed by atoms with E-state index in [1.807, 2.05) is 32.0 Å². The summed E-state index contributed by atoms with van der Waals surface area (Å²) in [6.45, 7) is 4.83. The monoisotopic (exact) mass is 313 g/mol. The number of amides is 1. The standard InChI is InChI=1S/C18H23N3O2/c1-4-17(22)20-13-7-8-14-15(11-13)19-12(2)10-16(14)21-9-5-6-18(21)23-3/h7-8,10-11,18H,4-6,9H2,1-3H3,(H,20,22)/t18-/m0/s1. The van der Waals surface area contributed by atoms with Crippen molar-refractivity contribution in [3.8, 4) is 0 Å². The molecule has 1 aliphatic heterocycles. The van der Waals surface area contributed by atoms with Gasteiger partial charge in [-0.2, -0.15) is 0 Å². The highest BCUT2D eigenvalue weighted by atomic mass is 16.5. The van der Waals surface area contributed by atoms with Gasteiger partial charge in [-0.15, -0.1) is 0 Å². The van der Waals surface area contributed by atoms with Gasteiger partial charge < -0.3 is 15.0 Å². The van der Waals surface area contributed by atoms with Gasteiger partial charge >= 0.3 is 0 Å². The van der Waals surface area contributed by atoms with Crippen molar-refractivity contribution >= 4 is 28.2 Å². The van der Waals surface area contributed by atoms with Crippen LogP contribution in [0.2, 0.25) is 0 Å². The number of methoxy groups -OCH3 is 1. The number of nitrogens with zero attached hydrogens (tertiary/aromatic N) is 2. The van der Waals surface area contributed by atoms with Crippen LogP contribution in [-0.2, 0) is 9.53 Å². The molecule has 3 rings (SSSR count). The molecule has 5 heteroatoms. The molecule has 23 heavy (non-hydrogen) atoms. The Bertz CT molecular complexity index is 730. The number of pyridine rings is 1. The summed E-state index contributed by atoms with van der Waals surface area (Å²) in [7, 11) is 1.76. The summed E-state index contributed by atoms with van der Waals surface area (Å²) in [6.07, 6.45) is 2.77. The van der Waals surface area contributed by atoms with E-state index in [4.69, 9.17) is 4.74 Å². The fraction of sp³-hybridized carbons (Fsp3) is 0.444. The van der Waals surface area contributed by atoms with Gasteiger partial charge in [-0.3, -0.25) is 9.78 Å². The number of fused-ring (bicyclic) bond motifs is 1. The van der Waals surface area contributed by atoms with Gasteiger partial charge in [0.2, 0.25) is 5.91 Å². The number of anilines is 2. The molecular weight excluding hydrogens is 290 g/mol. The molecular formula is C18H23N3O2. The van der Waals surface area contributed by atoms with Crippen LogP contribution in [0.3, 0.4) is 0 Å². The Morgan fingerprint density at radius 2 is 2.26 bits per heavy atom. The second kappa shape index (κ2) is 6.54. The number of nitrogens with one attached hydrogen (secondary N) is 1. The molecule has 1 aliphatic rings. The van der Waals surface area contributed by atoms with Crippen LogP contribution in [0.1, 0.15) is 31.9 Å². The molecule has 0 unspecified atom stereocenters. The molecule has 122 valence electrons. The van der Waals surface area contributed by atoms with E-state index in [2.05, 4.69) is 21.3 Å². The first-order chi connectivity index (χ1) is 11.1. The van der Waals surface area contributed by atoms with E-state index in [1.54, 1.807) is 7.11 Å². The highest BCUT2D eigenvalue weighted by molar-refractivity contribution is 5.97. The Morgan fingerprint density at radius 1 is 1.43 bits per heavy atom. The maximum Gasteiger partial charge on any atom is 0.224 e. The van der Waals surface area contributed by atoms with Gasteiger partial charge in [0.25, 0.3) is 0 Å². The topological polar surface area (TPSA) is 54.5 Å². The predicted octanol–water partition coefficient (Wildman–Crippen LogP) is 3.46. The third kappa shape index (κ3) is 3.15. The fourth-order valence-corrected chi connectivity index (χ4v) is 3.16. The maximum absolute atomic E-state index is 11.6. The lowest BCUT2D eigenvalue weighted by atomic mass is 10.1. The molecule has 2 heterocycles. The van der Waals surface area contributed by atoms with Crippen molar-refractivity contribution in [2.45, 2.75) is 39.3 Å². The molecule has 1 saturated heterocycles. The molecule has 2 aromatic rings. The zero-order chi connectivity index (χ0) is 16.4. The van der Waals surface area contributed by atoms with E-state index < -0.39 is 0 Å². The molecule has 0 aliphatic carbocycles. The molecule has 0 radical (unpaired) electrons. The van der Waals surface area contributed by atoms with Gasteiger partial charge in [-0.05, 0) is 44.0 Å². The molecule has 1 amide bonds. The van der Waals surface area contributed by atoms with E-state index in [-0.39, 0.29) is 12.1 Å². The Hall–Kier alpha value is -2.14. The summed E-state index contributed by atoms with van der Waals surface area (Å²) < 4.78 is 5.61. The molecule has 1 aromatic carbocycles. The largest absolute Gasteiger partial charge is 0.362 e. The molecule has 1 N–H and O–H groups in total. The number of carbonyl (C=O) groups is 1. The van der Waals surface area contributed by atoms with Crippen molar-refractivity contribution in [1.29, 1.82) is 0 Å². The van der Waals surface area contributed by atoms with Gasteiger partial charge in [0, 0.05) is 42.5 Å². The lowest BCUT2D eigenvalue weighted by Crippen LogP contribution is -2.30. The van der Waals surface area contributed by atoms with E-state index in [9.17, 15) is 4.79 Å². The Morgan fingerprint density at radius 3 is 3.00 bits per heavy atom. The van der Waals surface area contributed by atoms with Crippen LogP contribution in [0.15, 0.2) is 24.3 Å². The minimum absolute atomic E-state index is 0.0104. The van der Waals surface area contributed by atoms with Crippen LogP contribution >= 0.6 is 0 Å². The van der Waals surface area contributed by atoms with Crippen molar-refractivity contribution < 1.29 is 9.53 Å². The number of hydrogen-bond acceptors (Lipinski definition) is 4. The lowest BCUT2D eigenvalue weighted by molar-refractivity contribution is -0.115. The number of aryl methyl sites for hydroxylation is 1. The molecule has 1 fully saturated rings. The first kappa shape index (κ1) is 15.7. The summed E-state index contributed by atoms with van der Waals surface area (Å²) in [6, 6.07) is 8.03. The minimum Gasteiger partial charge on any atom is -0.362 e. The van der Waals surface area contributed by atoms with Gasteiger partial charge in [0.05, 0.1) is 5.52 Å². The number of carbonyl (C=O) groups excluding carboxylic acids is 1. The Kier molecular flexibility index (Phi) is 4.48. The third-order valence-electron chi connectivity index (χ3n) is 4.30. The maximum atomic E-state index is 11.6. The average molecular weight is 313 g/mol. The number of aromatic nitrogens is 1. The molecule has 1 atom stereocenters. The van der Waals surface area contributed by atoms with E-state index in [0.29, 0.717) is 6.42 Å². The summed E-state index contributed by atoms with van der Waals surface area (Å²) >= 11 is 0. The zero-order valence-corrected chi connectivity index (χ0v) is 13.9. The van der Waals surface area contributed by atoms with Crippen LogP contribution < -0.4 is 10.2 Å². The summed E-state index contributed by atoms with van der Waals surface area (Å²) in [5.41, 5.74) is 3.81. The lowest BCUT2D eigenvalue weighted by Gasteiger charge is -2.27. The van der Waals surface area contributed by atoms with Crippen LogP contribution in [0, 0.1) is 6.92 Å². The third-order valence-corrected chi connectivity index (χ3v) is 4.30. The molecule has 0 bridgehead atoms. The molecule has 0 spiro atoms. The zero-order valence-electron chi connectivity index (χ0n) is 13.9. The number of ether oxygens (including phenoxy) is 1. The van der Waals surface area contributed by atoms with Crippen LogP contribution in [0.25, 0.3) is 10.9 Å². The average Bonchev–Trinajstić information content (AvgIpc) is 3.02. The summed E-state index contributed by atoms with van der Waals surface area (Å²) in [4.78, 5) is 18.5. The fourth-order valence-electron chi connectivity index (χ4n) is 3.16. The van der Waals surface area contributed by atoms with Crippen molar-refractivity contribution in [3.05, 3.63) is 30.0 Å². The van der Waals surface area contributed by atoms with Crippen molar-refractivity contribution in [2.75, 3.05) is 23.9 Å². The first-order valence-electron chi connectivity index (χ1n) is 8.13. The Labute approximate surface area is 136 Å². The van der Waals surface area contributed by atoms with E-state index in [0.717, 1.165) is 47.4 Å². The first-order valence-corrected chi connectivity index (χ1v) is 8.13. The molecule has 1 aromatic heterocycles. The van der Waals surface area contributed by atoms with Crippen molar-refractivity contribution in [2.24, 2.45) is 0 Å². The quantitative estimate of drug-likeness (QED) is 0.939. The van der Waals surface area contributed by atoms with E-state index >= 15 is 0 Å². The highest BCUT2D eigenvalue weighted by Gasteiger charge is 2.26. The van der Waals surface area contributed by atoms with Gasteiger partial charge in [-0.25, -0.2) is 0 Å². The van der Waals surface area contributed by atoms with Gasteiger partial charge in [0.15, 0.2) is 0 Å². The van der Waals surface area contributed by atoms with Crippen LogP contribution in [-0.4, -0.2) is 30.8 Å². The van der Waals surface area contributed by atoms with Crippen LogP contribution in [0.5, 0.6) is 0 Å².